The SMILES string of the molecule is CC(Cc1ccc(OC(=O)C(C)CC(=O)C(C)NC(=O)CCOCCN=[N+]=[N-])c(NC(=O)C(C)CC(=O)C(C)NC(=O)CCOCCN=[N+]=[N-])c1)CC(C)C(C)(C)C. The Morgan fingerprint density at radius 2 is 1.24 bits per heavy atom. The molecule has 6 unspecified atom stereocenters. The van der Waals surface area contributed by atoms with Crippen molar-refractivity contribution in [2.45, 2.75) is 113 Å². The summed E-state index contributed by atoms with van der Waals surface area (Å²) in [6, 6.07) is 3.44. The Labute approximate surface area is 341 Å². The number of Topliss-reactive ketones (excluding diaryl/α,β-unsaturated/α-hetero) is 2. The van der Waals surface area contributed by atoms with Crippen molar-refractivity contribution in [3.05, 3.63) is 44.6 Å². The summed E-state index contributed by atoms with van der Waals surface area (Å²) in [7, 11) is 0. The zero-order chi connectivity index (χ0) is 43.8. The second-order valence-corrected chi connectivity index (χ2v) is 15.9. The summed E-state index contributed by atoms with van der Waals surface area (Å²) in [6.07, 6.45) is 1.26. The van der Waals surface area contributed by atoms with Crippen molar-refractivity contribution in [1.29, 1.82) is 0 Å². The molecular formula is C40H63N9O9. The van der Waals surface area contributed by atoms with Crippen LogP contribution >= 0.6 is 0 Å². The summed E-state index contributed by atoms with van der Waals surface area (Å²) in [4.78, 5) is 82.5. The molecule has 3 N–H and O–H groups in total. The lowest BCUT2D eigenvalue weighted by Gasteiger charge is -2.29. The van der Waals surface area contributed by atoms with Crippen molar-refractivity contribution in [2.75, 3.05) is 44.8 Å². The second kappa shape index (κ2) is 26.8. The van der Waals surface area contributed by atoms with Gasteiger partial charge in [-0.05, 0) is 72.7 Å². The Morgan fingerprint density at radius 3 is 1.72 bits per heavy atom. The predicted molar refractivity (Wildman–Crippen MR) is 218 cm³/mol. The van der Waals surface area contributed by atoms with E-state index < -0.39 is 47.6 Å². The van der Waals surface area contributed by atoms with E-state index in [1.807, 2.05) is 6.07 Å². The van der Waals surface area contributed by atoms with Gasteiger partial charge in [0.05, 0.1) is 50.1 Å². The van der Waals surface area contributed by atoms with Gasteiger partial charge in [0.25, 0.3) is 0 Å². The van der Waals surface area contributed by atoms with E-state index in [1.165, 1.54) is 20.8 Å². The summed E-state index contributed by atoms with van der Waals surface area (Å²) >= 11 is 0. The molecule has 1 aromatic rings. The maximum absolute atomic E-state index is 13.5. The highest BCUT2D eigenvalue weighted by atomic mass is 16.5. The van der Waals surface area contributed by atoms with Gasteiger partial charge in [-0.15, -0.1) is 0 Å². The molecule has 0 aliphatic heterocycles. The fourth-order valence-electron chi connectivity index (χ4n) is 5.55. The van der Waals surface area contributed by atoms with E-state index in [-0.39, 0.29) is 93.6 Å². The monoisotopic (exact) mass is 813 g/mol. The van der Waals surface area contributed by atoms with Crippen LogP contribution in [0.4, 0.5) is 5.69 Å². The number of ketones is 2. The summed E-state index contributed by atoms with van der Waals surface area (Å²) in [5, 5.41) is 14.7. The Hall–Kier alpha value is -5.02. The molecule has 0 saturated carbocycles. The first kappa shape index (κ1) is 51.0. The highest BCUT2D eigenvalue weighted by molar-refractivity contribution is 5.98. The smallest absolute Gasteiger partial charge is 0.314 e. The quantitative estimate of drug-likeness (QED) is 0.0210. The third-order valence-corrected chi connectivity index (χ3v) is 9.66. The van der Waals surface area contributed by atoms with Gasteiger partial charge in [0.1, 0.15) is 0 Å². The number of azide groups is 2. The molecule has 0 heterocycles. The van der Waals surface area contributed by atoms with E-state index in [0.29, 0.717) is 18.3 Å². The molecule has 322 valence electrons. The number of carbonyl (C=O) groups is 6. The number of nitrogens with one attached hydrogen (secondary N) is 3. The van der Waals surface area contributed by atoms with Crippen LogP contribution in [-0.4, -0.2) is 86.9 Å². The summed E-state index contributed by atoms with van der Waals surface area (Å²) < 4.78 is 16.2. The normalized spacial score (nSPS) is 14.2. The Bertz CT molecular complexity index is 1640. The van der Waals surface area contributed by atoms with Crippen LogP contribution < -0.4 is 20.7 Å². The standard InChI is InChI=1S/C40H63N9O9/c1-25(20-28(4)40(7,8)9)21-31-10-11-35(58-39(55)27(3)23-34(51)30(6)46-37(53)13-17-57-19-15-44-49-42)32(24-31)47-38(54)26(2)22-33(50)29(5)45-36(52)12-16-56-18-14-43-48-41/h10-11,24-30H,12-23H2,1-9H3,(H,45,52)(H,46,53)(H,47,54). The van der Waals surface area contributed by atoms with Gasteiger partial charge >= 0.3 is 5.97 Å². The van der Waals surface area contributed by atoms with Gasteiger partial charge in [-0.2, -0.15) is 0 Å². The Balaban J connectivity index is 3.01. The summed E-state index contributed by atoms with van der Waals surface area (Å²) in [5.74, 6) is -3.68. The van der Waals surface area contributed by atoms with Crippen LogP contribution in [0.1, 0.15) is 100.0 Å². The molecule has 0 aliphatic rings. The Morgan fingerprint density at radius 1 is 0.741 bits per heavy atom. The van der Waals surface area contributed by atoms with Crippen LogP contribution in [0.2, 0.25) is 0 Å². The Kier molecular flexibility index (Phi) is 23.6. The highest BCUT2D eigenvalue weighted by Gasteiger charge is 2.27. The molecule has 6 atom stereocenters. The number of anilines is 1. The van der Waals surface area contributed by atoms with Crippen LogP contribution in [-0.2, 0) is 44.7 Å². The molecule has 58 heavy (non-hydrogen) atoms. The fourth-order valence-corrected chi connectivity index (χ4v) is 5.55. The molecule has 0 aromatic heterocycles. The van der Waals surface area contributed by atoms with Crippen LogP contribution in [0, 0.1) is 29.1 Å². The number of amides is 3. The predicted octanol–water partition coefficient (Wildman–Crippen LogP) is 6.42. The molecule has 18 nitrogen and oxygen atoms in total. The lowest BCUT2D eigenvalue weighted by Crippen LogP contribution is -2.40. The number of ether oxygens (including phenoxy) is 3. The minimum Gasteiger partial charge on any atom is -0.424 e. The minimum atomic E-state index is -0.893. The molecule has 0 saturated heterocycles. The third kappa shape index (κ3) is 20.9. The van der Waals surface area contributed by atoms with E-state index in [4.69, 9.17) is 25.3 Å². The molecule has 0 bridgehead atoms. The number of benzene rings is 1. The maximum atomic E-state index is 13.5. The molecule has 1 aromatic carbocycles. The minimum absolute atomic E-state index is 0.00315. The molecule has 1 rings (SSSR count). The van der Waals surface area contributed by atoms with Crippen molar-refractivity contribution in [2.24, 2.45) is 39.3 Å². The number of carbonyl (C=O) groups excluding carboxylic acids is 6. The summed E-state index contributed by atoms with van der Waals surface area (Å²) in [6.45, 7) is 17.9. The van der Waals surface area contributed by atoms with E-state index >= 15 is 0 Å². The van der Waals surface area contributed by atoms with Gasteiger partial charge < -0.3 is 30.2 Å². The zero-order valence-electron chi connectivity index (χ0n) is 35.5. The van der Waals surface area contributed by atoms with Gasteiger partial charge in [-0.1, -0.05) is 64.8 Å². The third-order valence-electron chi connectivity index (χ3n) is 9.66. The van der Waals surface area contributed by atoms with Crippen molar-refractivity contribution in [3.63, 3.8) is 0 Å². The number of hydrogen-bond acceptors (Lipinski definition) is 11. The topological polar surface area (TPSA) is 264 Å². The van der Waals surface area contributed by atoms with Crippen molar-refractivity contribution < 1.29 is 43.0 Å². The highest BCUT2D eigenvalue weighted by Crippen LogP contribution is 2.33. The van der Waals surface area contributed by atoms with Gasteiger partial charge in [-0.3, -0.25) is 28.8 Å². The zero-order valence-corrected chi connectivity index (χ0v) is 35.5. The van der Waals surface area contributed by atoms with Crippen LogP contribution in [0.5, 0.6) is 5.75 Å². The van der Waals surface area contributed by atoms with E-state index in [9.17, 15) is 28.8 Å². The molecule has 0 aliphatic carbocycles. The first-order valence-corrected chi connectivity index (χ1v) is 19.8. The molecular weight excluding hydrogens is 750 g/mol. The molecule has 0 radical (unpaired) electrons. The van der Waals surface area contributed by atoms with Crippen molar-refractivity contribution in [3.8, 4) is 5.75 Å². The number of nitrogens with zero attached hydrogens (tertiary/aromatic N) is 6. The van der Waals surface area contributed by atoms with Crippen LogP contribution in [0.15, 0.2) is 28.4 Å². The van der Waals surface area contributed by atoms with Crippen molar-refractivity contribution in [1.82, 2.24) is 10.6 Å². The van der Waals surface area contributed by atoms with Gasteiger partial charge in [0.15, 0.2) is 17.3 Å². The summed E-state index contributed by atoms with van der Waals surface area (Å²) in [5.41, 5.74) is 17.9. The number of hydrogen-bond donors (Lipinski definition) is 3. The fraction of sp³-hybridized carbons (Fsp3) is 0.700. The number of esters is 1. The first-order chi connectivity index (χ1) is 27.3. The van der Waals surface area contributed by atoms with E-state index in [0.717, 1.165) is 12.0 Å². The average molecular weight is 814 g/mol. The lowest BCUT2D eigenvalue weighted by atomic mass is 9.76. The molecule has 0 fully saturated rings. The van der Waals surface area contributed by atoms with E-state index in [1.54, 1.807) is 19.1 Å². The van der Waals surface area contributed by atoms with Crippen LogP contribution in [0.25, 0.3) is 20.9 Å². The maximum Gasteiger partial charge on any atom is 0.314 e. The van der Waals surface area contributed by atoms with Crippen molar-refractivity contribution >= 4 is 40.9 Å². The second-order valence-electron chi connectivity index (χ2n) is 15.9. The van der Waals surface area contributed by atoms with Gasteiger partial charge in [-0.25, -0.2) is 0 Å². The van der Waals surface area contributed by atoms with Gasteiger partial charge in [0.2, 0.25) is 17.7 Å². The van der Waals surface area contributed by atoms with Crippen LogP contribution in [0.3, 0.4) is 0 Å². The first-order valence-electron chi connectivity index (χ1n) is 19.8. The van der Waals surface area contributed by atoms with Gasteiger partial charge in [0, 0.05) is 54.5 Å². The molecule has 18 heteroatoms. The average Bonchev–Trinajstić information content (AvgIpc) is 3.14. The largest absolute Gasteiger partial charge is 0.424 e. The molecule has 0 spiro atoms. The number of rotatable bonds is 28. The molecule has 3 amide bonds. The lowest BCUT2D eigenvalue weighted by molar-refractivity contribution is -0.140. The van der Waals surface area contributed by atoms with E-state index in [2.05, 4.69) is 70.6 Å².